The van der Waals surface area contributed by atoms with Crippen LogP contribution in [0.4, 0.5) is 0 Å². The first-order valence-corrected chi connectivity index (χ1v) is 8.50. The third kappa shape index (κ3) is 6.70. The Morgan fingerprint density at radius 1 is 1.14 bits per heavy atom. The van der Waals surface area contributed by atoms with Crippen molar-refractivity contribution in [2.75, 3.05) is 18.8 Å². The van der Waals surface area contributed by atoms with Gasteiger partial charge in [-0.15, -0.1) is 0 Å². The Balaban J connectivity index is 2.57. The average molecular weight is 314 g/mol. The first kappa shape index (κ1) is 17.6. The molecule has 0 saturated heterocycles. The van der Waals surface area contributed by atoms with E-state index in [1.807, 2.05) is 24.3 Å². The highest BCUT2D eigenvalue weighted by Crippen LogP contribution is 2.08. The number of nitrogens with zero attached hydrogens (tertiary/aromatic N) is 1. The number of benzene rings is 1. The normalized spacial score (nSPS) is 11.8. The fourth-order valence-electron chi connectivity index (χ4n) is 1.87. The molecule has 6 nitrogen and oxygen atoms in total. The van der Waals surface area contributed by atoms with Gasteiger partial charge in [0.2, 0.25) is 10.0 Å². The van der Waals surface area contributed by atoms with E-state index in [0.717, 1.165) is 30.8 Å². The van der Waals surface area contributed by atoms with Crippen LogP contribution in [0.1, 0.15) is 25.0 Å². The van der Waals surface area contributed by atoms with Crippen molar-refractivity contribution in [3.63, 3.8) is 0 Å². The maximum absolute atomic E-state index is 11.4. The zero-order valence-corrected chi connectivity index (χ0v) is 13.2. The summed E-state index contributed by atoms with van der Waals surface area (Å²) < 4.78 is 25.1. The minimum atomic E-state index is -3.77. The lowest BCUT2D eigenvalue weighted by atomic mass is 10.1. The average Bonchev–Trinajstić information content (AvgIpc) is 2.42. The van der Waals surface area contributed by atoms with Gasteiger partial charge in [-0.2, -0.15) is 0 Å². The lowest BCUT2D eigenvalue weighted by Gasteiger charge is -2.18. The summed E-state index contributed by atoms with van der Waals surface area (Å²) in [6, 6.07) is 7.61. The van der Waals surface area contributed by atoms with Gasteiger partial charge >= 0.3 is 5.97 Å². The van der Waals surface area contributed by atoms with Crippen molar-refractivity contribution in [3.05, 3.63) is 35.4 Å². The Labute approximate surface area is 125 Å². The van der Waals surface area contributed by atoms with Gasteiger partial charge < -0.3 is 5.11 Å². The molecular formula is C14H22N2O4S. The third-order valence-electron chi connectivity index (χ3n) is 3.13. The summed E-state index contributed by atoms with van der Waals surface area (Å²) in [7, 11) is -3.77. The molecule has 0 heterocycles. The number of hydrogen-bond acceptors (Lipinski definition) is 4. The Morgan fingerprint density at radius 2 is 1.67 bits per heavy atom. The molecule has 0 atom stereocenters. The van der Waals surface area contributed by atoms with E-state index in [1.54, 1.807) is 0 Å². The van der Waals surface area contributed by atoms with Crippen molar-refractivity contribution in [2.45, 2.75) is 26.9 Å². The molecule has 0 fully saturated rings. The Bertz CT molecular complexity index is 551. The molecule has 0 bridgehead atoms. The molecule has 0 aliphatic carbocycles. The first-order chi connectivity index (χ1) is 9.86. The molecule has 0 aliphatic rings. The molecule has 21 heavy (non-hydrogen) atoms. The van der Waals surface area contributed by atoms with Gasteiger partial charge in [-0.1, -0.05) is 38.1 Å². The van der Waals surface area contributed by atoms with Crippen LogP contribution in [0.2, 0.25) is 0 Å². The number of carbonyl (C=O) groups is 1. The van der Waals surface area contributed by atoms with Crippen LogP contribution >= 0.6 is 0 Å². The van der Waals surface area contributed by atoms with E-state index in [0.29, 0.717) is 0 Å². The number of sulfonamides is 1. The molecule has 0 amide bonds. The zero-order chi connectivity index (χ0) is 15.9. The van der Waals surface area contributed by atoms with Gasteiger partial charge in [-0.25, -0.2) is 13.1 Å². The van der Waals surface area contributed by atoms with Gasteiger partial charge in [0.15, 0.2) is 5.75 Å². The monoisotopic (exact) mass is 314 g/mol. The number of aliphatic carboxylic acids is 1. The number of rotatable bonds is 9. The molecule has 2 N–H and O–H groups in total. The van der Waals surface area contributed by atoms with Crippen LogP contribution in [-0.2, 0) is 27.9 Å². The molecule has 0 spiro atoms. The number of hydrogen-bond donors (Lipinski definition) is 2. The van der Waals surface area contributed by atoms with E-state index in [2.05, 4.69) is 23.5 Å². The predicted octanol–water partition coefficient (Wildman–Crippen LogP) is 1.03. The largest absolute Gasteiger partial charge is 0.480 e. The number of carboxylic acids is 1. The zero-order valence-electron chi connectivity index (χ0n) is 12.4. The second kappa shape index (κ2) is 8.11. The fraction of sp³-hybridized carbons (Fsp3) is 0.500. The highest BCUT2D eigenvalue weighted by Gasteiger charge is 2.14. The molecule has 0 unspecified atom stereocenters. The summed E-state index contributed by atoms with van der Waals surface area (Å²) in [4.78, 5) is 12.7. The summed E-state index contributed by atoms with van der Waals surface area (Å²) in [6.45, 7) is 7.13. The van der Waals surface area contributed by atoms with E-state index in [9.17, 15) is 13.2 Å². The van der Waals surface area contributed by atoms with Crippen LogP contribution in [0.5, 0.6) is 0 Å². The SMILES string of the molecule is CCN(CC)Cc1ccc(CNS(=O)(=O)CC(=O)O)cc1. The topological polar surface area (TPSA) is 86.7 Å². The van der Waals surface area contributed by atoms with Crippen LogP contribution in [0.3, 0.4) is 0 Å². The summed E-state index contributed by atoms with van der Waals surface area (Å²) in [6.07, 6.45) is 0. The number of nitrogens with one attached hydrogen (secondary N) is 1. The second-order valence-electron chi connectivity index (χ2n) is 4.75. The van der Waals surface area contributed by atoms with Crippen molar-refractivity contribution in [2.24, 2.45) is 0 Å². The van der Waals surface area contributed by atoms with E-state index in [-0.39, 0.29) is 6.54 Å². The van der Waals surface area contributed by atoms with Crippen molar-refractivity contribution >= 4 is 16.0 Å². The number of carboxylic acid groups (broad SMARTS) is 1. The predicted molar refractivity (Wildman–Crippen MR) is 81.3 cm³/mol. The van der Waals surface area contributed by atoms with E-state index >= 15 is 0 Å². The van der Waals surface area contributed by atoms with Gasteiger partial charge in [-0.05, 0) is 24.2 Å². The van der Waals surface area contributed by atoms with Gasteiger partial charge in [0.05, 0.1) is 0 Å². The smallest absolute Gasteiger partial charge is 0.320 e. The molecule has 0 aliphatic heterocycles. The second-order valence-corrected chi connectivity index (χ2v) is 6.56. The highest BCUT2D eigenvalue weighted by molar-refractivity contribution is 7.90. The van der Waals surface area contributed by atoms with Crippen LogP contribution in [0.25, 0.3) is 0 Å². The van der Waals surface area contributed by atoms with Crippen molar-refractivity contribution < 1.29 is 18.3 Å². The molecule has 7 heteroatoms. The molecule has 0 aromatic heterocycles. The first-order valence-electron chi connectivity index (χ1n) is 6.85. The lowest BCUT2D eigenvalue weighted by Crippen LogP contribution is -2.29. The summed E-state index contributed by atoms with van der Waals surface area (Å²) in [5.41, 5.74) is 1.96. The summed E-state index contributed by atoms with van der Waals surface area (Å²) in [5.74, 6) is -2.27. The maximum Gasteiger partial charge on any atom is 0.320 e. The lowest BCUT2D eigenvalue weighted by molar-refractivity contribution is -0.134. The molecule has 1 aromatic rings. The van der Waals surface area contributed by atoms with Gasteiger partial charge in [0.1, 0.15) is 0 Å². The van der Waals surface area contributed by atoms with Gasteiger partial charge in [-0.3, -0.25) is 9.69 Å². The third-order valence-corrected chi connectivity index (χ3v) is 4.34. The quantitative estimate of drug-likeness (QED) is 0.711. The Hall–Kier alpha value is -1.44. The minimum absolute atomic E-state index is 0.0984. The maximum atomic E-state index is 11.4. The van der Waals surface area contributed by atoms with Gasteiger partial charge in [0.25, 0.3) is 0 Å². The van der Waals surface area contributed by atoms with Gasteiger partial charge in [0, 0.05) is 13.1 Å². The van der Waals surface area contributed by atoms with Crippen molar-refractivity contribution in [1.29, 1.82) is 0 Å². The van der Waals surface area contributed by atoms with Crippen LogP contribution in [0, 0.1) is 0 Å². The molecule has 1 aromatic carbocycles. The standard InChI is InChI=1S/C14H22N2O4S/c1-3-16(4-2)10-13-7-5-12(6-8-13)9-15-21(19,20)11-14(17)18/h5-8,15H,3-4,9-11H2,1-2H3,(H,17,18). The highest BCUT2D eigenvalue weighted by atomic mass is 32.2. The van der Waals surface area contributed by atoms with Crippen LogP contribution < -0.4 is 4.72 Å². The van der Waals surface area contributed by atoms with Crippen LogP contribution in [0.15, 0.2) is 24.3 Å². The molecular weight excluding hydrogens is 292 g/mol. The van der Waals surface area contributed by atoms with Crippen molar-refractivity contribution in [3.8, 4) is 0 Å². The Morgan fingerprint density at radius 3 is 2.14 bits per heavy atom. The Kier molecular flexibility index (Phi) is 6.80. The van der Waals surface area contributed by atoms with E-state index in [1.165, 1.54) is 0 Å². The van der Waals surface area contributed by atoms with Crippen LogP contribution in [-0.4, -0.2) is 43.2 Å². The van der Waals surface area contributed by atoms with Crippen molar-refractivity contribution in [1.82, 2.24) is 9.62 Å². The van der Waals surface area contributed by atoms with E-state index in [4.69, 9.17) is 5.11 Å². The molecule has 0 saturated carbocycles. The minimum Gasteiger partial charge on any atom is -0.480 e. The summed E-state index contributed by atoms with van der Waals surface area (Å²) in [5, 5.41) is 8.49. The fourth-order valence-corrected chi connectivity index (χ4v) is 2.69. The van der Waals surface area contributed by atoms with E-state index < -0.39 is 21.7 Å². The molecule has 118 valence electrons. The molecule has 1 rings (SSSR count). The summed E-state index contributed by atoms with van der Waals surface area (Å²) >= 11 is 0. The molecule has 0 radical (unpaired) electrons.